The Morgan fingerprint density at radius 3 is 2.12 bits per heavy atom. The largest absolute Gasteiger partial charge is 0.492 e. The summed E-state index contributed by atoms with van der Waals surface area (Å²) in [5.41, 5.74) is 2.37. The van der Waals surface area contributed by atoms with Crippen molar-refractivity contribution in [3.63, 3.8) is 0 Å². The van der Waals surface area contributed by atoms with E-state index in [4.69, 9.17) is 4.74 Å². The number of rotatable bonds is 6. The maximum absolute atomic E-state index is 12.2. The summed E-state index contributed by atoms with van der Waals surface area (Å²) in [6.07, 6.45) is -0.546. The summed E-state index contributed by atoms with van der Waals surface area (Å²) in [5.74, 6) is 0.776. The van der Waals surface area contributed by atoms with Crippen LogP contribution in [0.1, 0.15) is 5.56 Å². The number of urea groups is 1. The van der Waals surface area contributed by atoms with Gasteiger partial charge in [0.15, 0.2) is 0 Å². The van der Waals surface area contributed by atoms with Gasteiger partial charge in [0.05, 0.1) is 13.7 Å². The van der Waals surface area contributed by atoms with Crippen molar-refractivity contribution in [3.05, 3.63) is 54.1 Å². The molecule has 7 heteroatoms. The molecule has 0 heterocycles. The van der Waals surface area contributed by atoms with Crippen molar-refractivity contribution in [2.75, 3.05) is 37.9 Å². The minimum Gasteiger partial charge on any atom is -0.492 e. The fourth-order valence-electron chi connectivity index (χ4n) is 2.06. The molecule has 0 saturated carbocycles. The van der Waals surface area contributed by atoms with Crippen molar-refractivity contribution in [2.24, 2.45) is 0 Å². The summed E-state index contributed by atoms with van der Waals surface area (Å²) >= 11 is 0. The van der Waals surface area contributed by atoms with E-state index in [-0.39, 0.29) is 6.03 Å². The SMILES string of the molecule is COC(=O)Nc1ccc(NC(=O)N(C)CCOc2ccc(C)cc2)cc1. The molecule has 0 aromatic heterocycles. The number of aryl methyl sites for hydroxylation is 1. The lowest BCUT2D eigenvalue weighted by atomic mass is 10.2. The Balaban J connectivity index is 1.77. The van der Waals surface area contributed by atoms with Gasteiger partial charge in [-0.2, -0.15) is 0 Å². The monoisotopic (exact) mass is 357 g/mol. The van der Waals surface area contributed by atoms with E-state index >= 15 is 0 Å². The second kappa shape index (κ2) is 9.31. The molecule has 0 unspecified atom stereocenters. The van der Waals surface area contributed by atoms with Crippen LogP contribution in [-0.2, 0) is 4.74 Å². The normalized spacial score (nSPS) is 9.96. The van der Waals surface area contributed by atoms with Crippen LogP contribution < -0.4 is 15.4 Å². The highest BCUT2D eigenvalue weighted by Gasteiger charge is 2.09. The number of benzene rings is 2. The zero-order valence-corrected chi connectivity index (χ0v) is 15.1. The number of nitrogens with zero attached hydrogens (tertiary/aromatic N) is 1. The number of likely N-dealkylation sites (N-methyl/N-ethyl adjacent to an activating group) is 1. The number of hydrogen-bond acceptors (Lipinski definition) is 4. The summed E-state index contributed by atoms with van der Waals surface area (Å²) in [5, 5.41) is 5.32. The van der Waals surface area contributed by atoms with Crippen LogP contribution in [0.2, 0.25) is 0 Å². The number of amides is 3. The van der Waals surface area contributed by atoms with E-state index in [9.17, 15) is 9.59 Å². The van der Waals surface area contributed by atoms with E-state index in [0.29, 0.717) is 24.5 Å². The molecule has 0 aliphatic rings. The molecule has 0 aliphatic heterocycles. The number of ether oxygens (including phenoxy) is 2. The lowest BCUT2D eigenvalue weighted by Crippen LogP contribution is -2.34. The Morgan fingerprint density at radius 1 is 0.962 bits per heavy atom. The molecule has 2 rings (SSSR count). The van der Waals surface area contributed by atoms with Crippen molar-refractivity contribution >= 4 is 23.5 Å². The summed E-state index contributed by atoms with van der Waals surface area (Å²) in [7, 11) is 2.99. The van der Waals surface area contributed by atoms with Gasteiger partial charge in [-0.1, -0.05) is 17.7 Å². The smallest absolute Gasteiger partial charge is 0.411 e. The predicted octanol–water partition coefficient (Wildman–Crippen LogP) is 3.72. The van der Waals surface area contributed by atoms with Gasteiger partial charge < -0.3 is 19.7 Å². The zero-order chi connectivity index (χ0) is 18.9. The van der Waals surface area contributed by atoms with Gasteiger partial charge >= 0.3 is 12.1 Å². The summed E-state index contributed by atoms with van der Waals surface area (Å²) in [4.78, 5) is 24.8. The van der Waals surface area contributed by atoms with E-state index in [1.807, 2.05) is 31.2 Å². The highest BCUT2D eigenvalue weighted by Crippen LogP contribution is 2.14. The Bertz CT molecular complexity index is 729. The molecule has 2 aromatic rings. The summed E-state index contributed by atoms with van der Waals surface area (Å²) in [6, 6.07) is 14.2. The molecule has 0 atom stereocenters. The zero-order valence-electron chi connectivity index (χ0n) is 15.1. The van der Waals surface area contributed by atoms with Crippen molar-refractivity contribution in [1.29, 1.82) is 0 Å². The first-order valence-electron chi connectivity index (χ1n) is 8.14. The van der Waals surface area contributed by atoms with Gasteiger partial charge in [0.2, 0.25) is 0 Å². The second-order valence-electron chi connectivity index (χ2n) is 5.71. The van der Waals surface area contributed by atoms with Gasteiger partial charge in [-0.3, -0.25) is 5.32 Å². The van der Waals surface area contributed by atoms with Crippen LogP contribution >= 0.6 is 0 Å². The standard InChI is InChI=1S/C19H23N3O4/c1-14-4-10-17(11-5-14)26-13-12-22(2)18(23)20-15-6-8-16(9-7-15)21-19(24)25-3/h4-11H,12-13H2,1-3H3,(H,20,23)(H,21,24). The van der Waals surface area contributed by atoms with Gasteiger partial charge in [-0.05, 0) is 43.3 Å². The van der Waals surface area contributed by atoms with Crippen molar-refractivity contribution in [2.45, 2.75) is 6.92 Å². The Kier molecular flexibility index (Phi) is 6.84. The average molecular weight is 357 g/mol. The molecule has 0 fully saturated rings. The van der Waals surface area contributed by atoms with E-state index in [1.54, 1.807) is 31.3 Å². The Hall–Kier alpha value is -3.22. The first-order chi connectivity index (χ1) is 12.5. The Morgan fingerprint density at radius 2 is 1.54 bits per heavy atom. The van der Waals surface area contributed by atoms with Crippen LogP contribution in [0.5, 0.6) is 5.75 Å². The van der Waals surface area contributed by atoms with Crippen LogP contribution in [0.15, 0.2) is 48.5 Å². The topological polar surface area (TPSA) is 79.9 Å². The van der Waals surface area contributed by atoms with E-state index in [2.05, 4.69) is 15.4 Å². The molecule has 0 aliphatic carbocycles. The second-order valence-corrected chi connectivity index (χ2v) is 5.71. The van der Waals surface area contributed by atoms with Crippen molar-refractivity contribution in [1.82, 2.24) is 4.90 Å². The third-order valence-corrected chi connectivity index (χ3v) is 3.63. The van der Waals surface area contributed by atoms with Crippen LogP contribution in [-0.4, -0.2) is 44.3 Å². The quantitative estimate of drug-likeness (QED) is 0.826. The van der Waals surface area contributed by atoms with Crippen molar-refractivity contribution < 1.29 is 19.1 Å². The lowest BCUT2D eigenvalue weighted by Gasteiger charge is -2.18. The van der Waals surface area contributed by atoms with E-state index in [1.165, 1.54) is 17.6 Å². The van der Waals surface area contributed by atoms with E-state index < -0.39 is 6.09 Å². The van der Waals surface area contributed by atoms with Gasteiger partial charge in [-0.15, -0.1) is 0 Å². The van der Waals surface area contributed by atoms with Crippen LogP contribution in [0.3, 0.4) is 0 Å². The predicted molar refractivity (Wildman–Crippen MR) is 101 cm³/mol. The first-order valence-corrected chi connectivity index (χ1v) is 8.14. The lowest BCUT2D eigenvalue weighted by molar-refractivity contribution is 0.187. The van der Waals surface area contributed by atoms with E-state index in [0.717, 1.165) is 5.75 Å². The average Bonchev–Trinajstić information content (AvgIpc) is 2.64. The number of hydrogen-bond donors (Lipinski definition) is 2. The van der Waals surface area contributed by atoms with Crippen LogP contribution in [0.4, 0.5) is 21.0 Å². The highest BCUT2D eigenvalue weighted by molar-refractivity contribution is 5.90. The van der Waals surface area contributed by atoms with Gasteiger partial charge in [0.1, 0.15) is 12.4 Å². The molecule has 0 bridgehead atoms. The molecule has 26 heavy (non-hydrogen) atoms. The number of carbonyl (C=O) groups is 2. The minimum atomic E-state index is -0.546. The van der Waals surface area contributed by atoms with Crippen LogP contribution in [0.25, 0.3) is 0 Å². The fraction of sp³-hybridized carbons (Fsp3) is 0.263. The maximum Gasteiger partial charge on any atom is 0.411 e. The van der Waals surface area contributed by atoms with Crippen LogP contribution in [0, 0.1) is 6.92 Å². The molecular weight excluding hydrogens is 334 g/mol. The third-order valence-electron chi connectivity index (χ3n) is 3.63. The number of nitrogens with one attached hydrogen (secondary N) is 2. The highest BCUT2D eigenvalue weighted by atomic mass is 16.5. The molecule has 0 saturated heterocycles. The maximum atomic E-state index is 12.2. The third kappa shape index (κ3) is 6.01. The number of anilines is 2. The molecule has 2 N–H and O–H groups in total. The Labute approximate surface area is 152 Å². The molecule has 3 amide bonds. The van der Waals surface area contributed by atoms with Crippen molar-refractivity contribution in [3.8, 4) is 5.75 Å². The molecule has 2 aromatic carbocycles. The molecule has 7 nitrogen and oxygen atoms in total. The molecule has 0 spiro atoms. The molecular formula is C19H23N3O4. The molecule has 138 valence electrons. The minimum absolute atomic E-state index is 0.244. The summed E-state index contributed by atoms with van der Waals surface area (Å²) in [6.45, 7) is 2.86. The fourth-order valence-corrected chi connectivity index (χ4v) is 2.06. The number of carbonyl (C=O) groups excluding carboxylic acids is 2. The number of methoxy groups -OCH3 is 1. The first kappa shape index (κ1) is 19.1. The van der Waals surface area contributed by atoms with Gasteiger partial charge in [-0.25, -0.2) is 9.59 Å². The molecule has 0 radical (unpaired) electrons. The van der Waals surface area contributed by atoms with Gasteiger partial charge in [0, 0.05) is 18.4 Å². The summed E-state index contributed by atoms with van der Waals surface area (Å²) < 4.78 is 10.1. The van der Waals surface area contributed by atoms with Gasteiger partial charge in [0.25, 0.3) is 0 Å².